The standard InChI is InChI=1S/C10H15F3N2O5S/c11-10(12,13)6-15(4-9(17)18)3-8(16)14-7-1-2-21(19,20)5-7/h7H,1-6H2,(H,14,16)(H,17,18). The topological polar surface area (TPSA) is 104 Å². The maximum atomic E-state index is 12.3. The van der Waals surface area contributed by atoms with Gasteiger partial charge in [0.15, 0.2) is 9.84 Å². The highest BCUT2D eigenvalue weighted by Gasteiger charge is 2.33. The predicted molar refractivity (Wildman–Crippen MR) is 65.3 cm³/mol. The number of halogens is 3. The van der Waals surface area contributed by atoms with Crippen LogP contribution in [0.3, 0.4) is 0 Å². The molecular formula is C10H15F3N2O5S. The van der Waals surface area contributed by atoms with Crippen LogP contribution < -0.4 is 5.32 Å². The number of nitrogens with zero attached hydrogens (tertiary/aromatic N) is 1. The highest BCUT2D eigenvalue weighted by molar-refractivity contribution is 7.91. The van der Waals surface area contributed by atoms with Crippen molar-refractivity contribution in [3.05, 3.63) is 0 Å². The SMILES string of the molecule is O=C(O)CN(CC(=O)NC1CCS(=O)(=O)C1)CC(F)(F)F. The summed E-state index contributed by atoms with van der Waals surface area (Å²) in [6.45, 7) is -3.23. The fraction of sp³-hybridized carbons (Fsp3) is 0.800. The Kier molecular flexibility index (Phi) is 5.56. The minimum atomic E-state index is -4.63. The first-order valence-corrected chi connectivity index (χ1v) is 7.80. The van der Waals surface area contributed by atoms with Crippen molar-refractivity contribution in [1.29, 1.82) is 0 Å². The number of amides is 1. The fourth-order valence-electron chi connectivity index (χ4n) is 2.00. The number of carbonyl (C=O) groups is 2. The highest BCUT2D eigenvalue weighted by Crippen LogP contribution is 2.16. The summed E-state index contributed by atoms with van der Waals surface area (Å²) in [5, 5.41) is 10.8. The second-order valence-electron chi connectivity index (χ2n) is 4.82. The second kappa shape index (κ2) is 6.60. The van der Waals surface area contributed by atoms with Gasteiger partial charge in [0.05, 0.1) is 31.1 Å². The van der Waals surface area contributed by atoms with Gasteiger partial charge in [0, 0.05) is 6.04 Å². The van der Waals surface area contributed by atoms with Gasteiger partial charge in [-0.3, -0.25) is 14.5 Å². The van der Waals surface area contributed by atoms with Crippen LogP contribution in [-0.4, -0.2) is 73.7 Å². The molecule has 1 fully saturated rings. The molecule has 1 atom stereocenters. The predicted octanol–water partition coefficient (Wildman–Crippen LogP) is -0.761. The van der Waals surface area contributed by atoms with Crippen LogP contribution in [0.5, 0.6) is 0 Å². The molecule has 1 heterocycles. The van der Waals surface area contributed by atoms with Gasteiger partial charge in [-0.15, -0.1) is 0 Å². The number of carboxylic acids is 1. The van der Waals surface area contributed by atoms with Gasteiger partial charge < -0.3 is 10.4 Å². The maximum absolute atomic E-state index is 12.3. The molecule has 1 aliphatic heterocycles. The number of carboxylic acid groups (broad SMARTS) is 1. The van der Waals surface area contributed by atoms with E-state index in [4.69, 9.17) is 5.11 Å². The van der Waals surface area contributed by atoms with Crippen LogP contribution >= 0.6 is 0 Å². The largest absolute Gasteiger partial charge is 0.480 e. The Labute approximate surface area is 119 Å². The Morgan fingerprint density at radius 2 is 1.90 bits per heavy atom. The molecule has 2 N–H and O–H groups in total. The number of aliphatic carboxylic acids is 1. The quantitative estimate of drug-likeness (QED) is 0.663. The van der Waals surface area contributed by atoms with Crippen molar-refractivity contribution in [3.63, 3.8) is 0 Å². The molecule has 0 aromatic rings. The third kappa shape index (κ3) is 7.27. The first-order chi connectivity index (χ1) is 9.47. The molecule has 7 nitrogen and oxygen atoms in total. The number of hydrogen-bond donors (Lipinski definition) is 2. The summed E-state index contributed by atoms with van der Waals surface area (Å²) in [5.41, 5.74) is 0. The van der Waals surface area contributed by atoms with Crippen molar-refractivity contribution in [2.24, 2.45) is 0 Å². The number of sulfone groups is 1. The van der Waals surface area contributed by atoms with Crippen LogP contribution in [0.25, 0.3) is 0 Å². The number of carbonyl (C=O) groups excluding carboxylic acids is 1. The zero-order valence-corrected chi connectivity index (χ0v) is 11.7. The van der Waals surface area contributed by atoms with Gasteiger partial charge in [-0.25, -0.2) is 8.42 Å². The molecular weight excluding hydrogens is 317 g/mol. The summed E-state index contributed by atoms with van der Waals surface area (Å²) < 4.78 is 59.2. The van der Waals surface area contributed by atoms with Crippen molar-refractivity contribution < 1.29 is 36.3 Å². The van der Waals surface area contributed by atoms with E-state index in [2.05, 4.69) is 5.32 Å². The minimum Gasteiger partial charge on any atom is -0.480 e. The molecule has 11 heteroatoms. The van der Waals surface area contributed by atoms with Gasteiger partial charge in [-0.1, -0.05) is 0 Å². The number of rotatable bonds is 6. The molecule has 122 valence electrons. The molecule has 1 amide bonds. The monoisotopic (exact) mass is 332 g/mol. The molecule has 0 spiro atoms. The van der Waals surface area contributed by atoms with Crippen molar-refractivity contribution >= 4 is 21.7 Å². The average molecular weight is 332 g/mol. The molecule has 0 bridgehead atoms. The van der Waals surface area contributed by atoms with Crippen molar-refractivity contribution in [2.45, 2.75) is 18.6 Å². The lowest BCUT2D eigenvalue weighted by Crippen LogP contribution is -2.46. The maximum Gasteiger partial charge on any atom is 0.401 e. The molecule has 1 aliphatic rings. The lowest BCUT2D eigenvalue weighted by molar-refractivity contribution is -0.155. The summed E-state index contributed by atoms with van der Waals surface area (Å²) >= 11 is 0. The molecule has 1 saturated heterocycles. The van der Waals surface area contributed by atoms with E-state index in [-0.39, 0.29) is 17.9 Å². The lowest BCUT2D eigenvalue weighted by atomic mass is 10.2. The Hall–Kier alpha value is -1.36. The molecule has 1 unspecified atom stereocenters. The van der Waals surface area contributed by atoms with Crippen LogP contribution in [0.2, 0.25) is 0 Å². The van der Waals surface area contributed by atoms with E-state index < -0.39 is 53.6 Å². The van der Waals surface area contributed by atoms with E-state index >= 15 is 0 Å². The van der Waals surface area contributed by atoms with E-state index in [1.165, 1.54) is 0 Å². The van der Waals surface area contributed by atoms with E-state index in [0.717, 1.165) is 0 Å². The smallest absolute Gasteiger partial charge is 0.401 e. The first kappa shape index (κ1) is 17.7. The number of alkyl halides is 3. The summed E-state index contributed by atoms with van der Waals surface area (Å²) in [6.07, 6.45) is -4.43. The lowest BCUT2D eigenvalue weighted by Gasteiger charge is -2.22. The molecule has 21 heavy (non-hydrogen) atoms. The third-order valence-corrected chi connectivity index (χ3v) is 4.49. The Balaban J connectivity index is 2.53. The summed E-state index contributed by atoms with van der Waals surface area (Å²) in [4.78, 5) is 22.5. The van der Waals surface area contributed by atoms with Crippen LogP contribution in [0, 0.1) is 0 Å². The molecule has 0 saturated carbocycles. The van der Waals surface area contributed by atoms with E-state index in [0.29, 0.717) is 4.90 Å². The summed E-state index contributed by atoms with van der Waals surface area (Å²) in [5.74, 6) is -2.66. The van der Waals surface area contributed by atoms with E-state index in [1.54, 1.807) is 0 Å². The summed E-state index contributed by atoms with van der Waals surface area (Å²) in [6, 6.07) is -0.639. The van der Waals surface area contributed by atoms with Gasteiger partial charge in [0.1, 0.15) is 0 Å². The Bertz CT molecular complexity index is 505. The van der Waals surface area contributed by atoms with Gasteiger partial charge in [0.25, 0.3) is 0 Å². The first-order valence-electron chi connectivity index (χ1n) is 5.97. The fourth-order valence-corrected chi connectivity index (χ4v) is 3.67. The molecule has 0 aromatic heterocycles. The minimum absolute atomic E-state index is 0.0840. The third-order valence-electron chi connectivity index (χ3n) is 2.73. The van der Waals surface area contributed by atoms with Crippen LogP contribution in [-0.2, 0) is 19.4 Å². The normalized spacial score (nSPS) is 21.4. The highest BCUT2D eigenvalue weighted by atomic mass is 32.2. The zero-order valence-electron chi connectivity index (χ0n) is 10.9. The molecule has 0 aliphatic carbocycles. The Morgan fingerprint density at radius 1 is 1.29 bits per heavy atom. The molecule has 0 aromatic carbocycles. The van der Waals surface area contributed by atoms with Gasteiger partial charge in [-0.2, -0.15) is 13.2 Å². The second-order valence-corrected chi connectivity index (χ2v) is 7.05. The number of hydrogen-bond acceptors (Lipinski definition) is 5. The summed E-state index contributed by atoms with van der Waals surface area (Å²) in [7, 11) is -3.22. The average Bonchev–Trinajstić information content (AvgIpc) is 2.53. The van der Waals surface area contributed by atoms with Crippen LogP contribution in [0.4, 0.5) is 13.2 Å². The molecule has 1 rings (SSSR count). The van der Waals surface area contributed by atoms with E-state index in [9.17, 15) is 31.2 Å². The van der Waals surface area contributed by atoms with Crippen molar-refractivity contribution in [2.75, 3.05) is 31.1 Å². The van der Waals surface area contributed by atoms with Crippen molar-refractivity contribution in [3.8, 4) is 0 Å². The zero-order chi connectivity index (χ0) is 16.3. The van der Waals surface area contributed by atoms with Gasteiger partial charge in [-0.05, 0) is 6.42 Å². The van der Waals surface area contributed by atoms with Gasteiger partial charge in [0.2, 0.25) is 5.91 Å². The molecule has 0 radical (unpaired) electrons. The number of nitrogens with one attached hydrogen (secondary N) is 1. The van der Waals surface area contributed by atoms with Crippen molar-refractivity contribution in [1.82, 2.24) is 10.2 Å². The van der Waals surface area contributed by atoms with E-state index in [1.807, 2.05) is 0 Å². The van der Waals surface area contributed by atoms with Crippen LogP contribution in [0.15, 0.2) is 0 Å². The Morgan fingerprint density at radius 3 is 2.33 bits per heavy atom. The van der Waals surface area contributed by atoms with Gasteiger partial charge >= 0.3 is 12.1 Å². The van der Waals surface area contributed by atoms with Crippen LogP contribution in [0.1, 0.15) is 6.42 Å².